The second kappa shape index (κ2) is 6.83. The van der Waals surface area contributed by atoms with Gasteiger partial charge in [0, 0.05) is 12.2 Å². The van der Waals surface area contributed by atoms with Crippen LogP contribution in [0.2, 0.25) is 10.0 Å². The zero-order chi connectivity index (χ0) is 15.4. The highest BCUT2D eigenvalue weighted by atomic mass is 35.5. The number of anilines is 3. The normalized spacial score (nSPS) is 10.6. The molecule has 0 spiro atoms. The fourth-order valence-electron chi connectivity index (χ4n) is 1.80. The quantitative estimate of drug-likeness (QED) is 0.822. The first kappa shape index (κ1) is 15.7. The van der Waals surface area contributed by atoms with Gasteiger partial charge in [-0.1, -0.05) is 36.5 Å². The maximum Gasteiger partial charge on any atom is 0.287 e. The van der Waals surface area contributed by atoms with E-state index in [9.17, 15) is 4.79 Å². The van der Waals surface area contributed by atoms with Gasteiger partial charge in [0.2, 0.25) is 0 Å². The fraction of sp³-hybridized carbons (Fsp3) is 0.286. The number of nitrogens with one attached hydrogen (secondary N) is 1. The van der Waals surface area contributed by atoms with E-state index in [4.69, 9.17) is 28.9 Å². The number of nitrogen functional groups attached to an aromatic ring is 1. The van der Waals surface area contributed by atoms with Gasteiger partial charge >= 0.3 is 0 Å². The molecular weight excluding hydrogens is 311 g/mol. The van der Waals surface area contributed by atoms with Crippen LogP contribution >= 0.6 is 23.2 Å². The molecule has 0 unspecified atom stereocenters. The number of nitrogens with two attached hydrogens (primary N) is 1. The molecule has 112 valence electrons. The van der Waals surface area contributed by atoms with E-state index in [0.717, 1.165) is 12.8 Å². The van der Waals surface area contributed by atoms with Crippen LogP contribution in [0.1, 0.15) is 19.8 Å². The molecule has 0 radical (unpaired) electrons. The van der Waals surface area contributed by atoms with Crippen LogP contribution in [0.3, 0.4) is 0 Å². The van der Waals surface area contributed by atoms with Gasteiger partial charge in [0.15, 0.2) is 0 Å². The summed E-state index contributed by atoms with van der Waals surface area (Å²) in [6, 6.07) is 5.03. The molecule has 0 fully saturated rings. The first-order valence-electron chi connectivity index (χ1n) is 6.60. The van der Waals surface area contributed by atoms with Crippen LogP contribution in [0, 0.1) is 0 Å². The Hall–Kier alpha value is -1.72. The average Bonchev–Trinajstić information content (AvgIpc) is 2.47. The molecule has 21 heavy (non-hydrogen) atoms. The molecule has 5 nitrogen and oxygen atoms in total. The van der Waals surface area contributed by atoms with Crippen molar-refractivity contribution < 1.29 is 0 Å². The predicted molar refractivity (Wildman–Crippen MR) is 87.6 cm³/mol. The largest absolute Gasteiger partial charge is 0.399 e. The number of hydrogen-bond donors (Lipinski definition) is 2. The zero-order valence-electron chi connectivity index (χ0n) is 11.6. The van der Waals surface area contributed by atoms with Crippen LogP contribution in [0.4, 0.5) is 17.1 Å². The molecule has 1 heterocycles. The van der Waals surface area contributed by atoms with Crippen LogP contribution < -0.4 is 16.6 Å². The van der Waals surface area contributed by atoms with Gasteiger partial charge in [-0.3, -0.25) is 4.79 Å². The van der Waals surface area contributed by atoms with E-state index >= 15 is 0 Å². The number of aromatic nitrogens is 2. The molecular formula is C14H16Cl2N4O. The molecule has 3 N–H and O–H groups in total. The Morgan fingerprint density at radius 1 is 1.33 bits per heavy atom. The Bertz CT molecular complexity index is 700. The van der Waals surface area contributed by atoms with Crippen molar-refractivity contribution in [3.8, 4) is 0 Å². The predicted octanol–water partition coefficient (Wildman–Crippen LogP) is 3.68. The topological polar surface area (TPSA) is 72.9 Å². The summed E-state index contributed by atoms with van der Waals surface area (Å²) in [7, 11) is 0. The van der Waals surface area contributed by atoms with Crippen molar-refractivity contribution in [3.05, 3.63) is 44.8 Å². The Labute approximate surface area is 132 Å². The van der Waals surface area contributed by atoms with Crippen LogP contribution in [-0.2, 0) is 6.54 Å². The van der Waals surface area contributed by atoms with E-state index in [1.165, 1.54) is 10.9 Å². The standard InChI is InChI=1S/C14H16Cl2N4O/c1-2-3-6-20-14(21)13(16)12(8-18-20)19-11-7-9(17)4-5-10(11)15/h4-5,7-8,19H,2-3,6,17H2,1H3. The van der Waals surface area contributed by atoms with Crippen molar-refractivity contribution in [1.82, 2.24) is 9.78 Å². The lowest BCUT2D eigenvalue weighted by molar-refractivity contribution is 0.543. The minimum Gasteiger partial charge on any atom is -0.399 e. The molecule has 1 aromatic carbocycles. The molecule has 0 bridgehead atoms. The van der Waals surface area contributed by atoms with E-state index < -0.39 is 0 Å². The third kappa shape index (κ3) is 3.68. The van der Waals surface area contributed by atoms with E-state index in [1.807, 2.05) is 6.92 Å². The molecule has 0 aliphatic rings. The third-order valence-corrected chi connectivity index (χ3v) is 3.66. The van der Waals surface area contributed by atoms with Gasteiger partial charge in [0.05, 0.1) is 22.6 Å². The van der Waals surface area contributed by atoms with Crippen molar-refractivity contribution >= 4 is 40.3 Å². The summed E-state index contributed by atoms with van der Waals surface area (Å²) in [6.07, 6.45) is 3.36. The summed E-state index contributed by atoms with van der Waals surface area (Å²) in [5.41, 5.74) is 6.93. The summed E-state index contributed by atoms with van der Waals surface area (Å²) < 4.78 is 1.36. The van der Waals surface area contributed by atoms with Crippen LogP contribution in [0.25, 0.3) is 0 Å². The highest BCUT2D eigenvalue weighted by molar-refractivity contribution is 6.34. The third-order valence-electron chi connectivity index (χ3n) is 2.97. The molecule has 2 aromatic rings. The summed E-state index contributed by atoms with van der Waals surface area (Å²) >= 11 is 12.2. The SMILES string of the molecule is CCCCn1ncc(Nc2cc(N)ccc2Cl)c(Cl)c1=O. The van der Waals surface area contributed by atoms with Gasteiger partial charge in [-0.25, -0.2) is 4.68 Å². The lowest BCUT2D eigenvalue weighted by Crippen LogP contribution is -2.24. The van der Waals surface area contributed by atoms with Gasteiger partial charge in [0.1, 0.15) is 5.02 Å². The van der Waals surface area contributed by atoms with Gasteiger partial charge in [-0.2, -0.15) is 5.10 Å². The molecule has 7 heteroatoms. The minimum absolute atomic E-state index is 0.0830. The number of hydrogen-bond acceptors (Lipinski definition) is 4. The van der Waals surface area contributed by atoms with Crippen LogP contribution in [0.5, 0.6) is 0 Å². The van der Waals surface area contributed by atoms with Gasteiger partial charge in [-0.05, 0) is 24.6 Å². The van der Waals surface area contributed by atoms with E-state index in [2.05, 4.69) is 10.4 Å². The zero-order valence-corrected chi connectivity index (χ0v) is 13.1. The summed E-state index contributed by atoms with van der Waals surface area (Å²) in [6.45, 7) is 2.60. The van der Waals surface area contributed by atoms with E-state index in [-0.39, 0.29) is 10.6 Å². The van der Waals surface area contributed by atoms with Gasteiger partial charge < -0.3 is 11.1 Å². The molecule has 0 atom stereocenters. The molecule has 1 aromatic heterocycles. The number of nitrogens with zero attached hydrogens (tertiary/aromatic N) is 2. The van der Waals surface area contributed by atoms with Crippen molar-refractivity contribution in [3.63, 3.8) is 0 Å². The Morgan fingerprint density at radius 3 is 2.81 bits per heavy atom. The van der Waals surface area contributed by atoms with Crippen LogP contribution in [0.15, 0.2) is 29.2 Å². The lowest BCUT2D eigenvalue weighted by atomic mass is 10.2. The Kier molecular flexibility index (Phi) is 5.09. The maximum absolute atomic E-state index is 12.1. The highest BCUT2D eigenvalue weighted by Gasteiger charge is 2.11. The number of rotatable bonds is 5. The average molecular weight is 327 g/mol. The Morgan fingerprint density at radius 2 is 2.10 bits per heavy atom. The smallest absolute Gasteiger partial charge is 0.287 e. The first-order chi connectivity index (χ1) is 10.0. The number of halogens is 2. The number of unbranched alkanes of at least 4 members (excludes halogenated alkanes) is 1. The van der Waals surface area contributed by atoms with Crippen molar-refractivity contribution in [2.75, 3.05) is 11.1 Å². The summed E-state index contributed by atoms with van der Waals surface area (Å²) in [5.74, 6) is 0. The highest BCUT2D eigenvalue weighted by Crippen LogP contribution is 2.29. The number of benzene rings is 1. The second-order valence-corrected chi connectivity index (χ2v) is 5.40. The summed E-state index contributed by atoms with van der Waals surface area (Å²) in [5, 5.41) is 7.66. The second-order valence-electron chi connectivity index (χ2n) is 4.62. The van der Waals surface area contributed by atoms with Crippen molar-refractivity contribution in [2.45, 2.75) is 26.3 Å². The summed E-state index contributed by atoms with van der Waals surface area (Å²) in [4.78, 5) is 12.1. The van der Waals surface area contributed by atoms with Crippen LogP contribution in [-0.4, -0.2) is 9.78 Å². The molecule has 0 amide bonds. The van der Waals surface area contributed by atoms with Crippen molar-refractivity contribution in [2.24, 2.45) is 0 Å². The fourth-order valence-corrected chi connectivity index (χ4v) is 2.16. The molecule has 2 rings (SSSR count). The first-order valence-corrected chi connectivity index (χ1v) is 7.36. The van der Waals surface area contributed by atoms with Gasteiger partial charge in [-0.15, -0.1) is 0 Å². The lowest BCUT2D eigenvalue weighted by Gasteiger charge is -2.11. The molecule has 0 aliphatic carbocycles. The van der Waals surface area contributed by atoms with Gasteiger partial charge in [0.25, 0.3) is 5.56 Å². The molecule has 0 aliphatic heterocycles. The maximum atomic E-state index is 12.1. The van der Waals surface area contributed by atoms with E-state index in [0.29, 0.717) is 28.6 Å². The number of aryl methyl sites for hydroxylation is 1. The monoisotopic (exact) mass is 326 g/mol. The van der Waals surface area contributed by atoms with E-state index in [1.54, 1.807) is 18.2 Å². The molecule has 0 saturated heterocycles. The Balaban J connectivity index is 2.31. The minimum atomic E-state index is -0.324. The van der Waals surface area contributed by atoms with Crippen molar-refractivity contribution in [1.29, 1.82) is 0 Å². The molecule has 0 saturated carbocycles.